The van der Waals surface area contributed by atoms with Gasteiger partial charge in [-0.05, 0) is 32.2 Å². The van der Waals surface area contributed by atoms with Crippen LogP contribution in [0.2, 0.25) is 18.1 Å². The summed E-state index contributed by atoms with van der Waals surface area (Å²) in [7, 11) is -4.72. The van der Waals surface area contributed by atoms with E-state index >= 15 is 0 Å². The van der Waals surface area contributed by atoms with E-state index in [0.717, 1.165) is 6.42 Å². The second kappa shape index (κ2) is 7.97. The summed E-state index contributed by atoms with van der Waals surface area (Å²) in [5, 5.41) is 0.189. The minimum absolute atomic E-state index is 0.189. The number of hydrogen-bond acceptors (Lipinski definition) is 4. The maximum Gasteiger partial charge on any atom is 0.514 e. The van der Waals surface area contributed by atoms with E-state index in [-0.39, 0.29) is 9.03 Å². The first-order valence-electron chi connectivity index (χ1n) is 8.13. The van der Waals surface area contributed by atoms with Crippen LogP contribution in [0, 0.1) is 0 Å². The molecule has 128 valence electrons. The summed E-state index contributed by atoms with van der Waals surface area (Å²) in [6.07, 6.45) is 0.902. The van der Waals surface area contributed by atoms with Gasteiger partial charge in [-0.1, -0.05) is 40.8 Å². The Kier molecular flexibility index (Phi) is 8.22. The molecule has 1 atom stereocenters. The first-order chi connectivity index (χ1) is 9.49. The summed E-state index contributed by atoms with van der Waals surface area (Å²) in [6, 6.07) is 0. The van der Waals surface area contributed by atoms with E-state index in [2.05, 4.69) is 40.8 Å². The van der Waals surface area contributed by atoms with Crippen LogP contribution in [0.5, 0.6) is 0 Å². The molecule has 0 amide bonds. The fourth-order valence-electron chi connectivity index (χ4n) is 2.71. The van der Waals surface area contributed by atoms with Crippen molar-refractivity contribution in [2.75, 3.05) is 19.8 Å². The number of hydrogen-bond donors (Lipinski definition) is 1. The van der Waals surface area contributed by atoms with Gasteiger partial charge in [0.25, 0.3) is 0 Å². The molecule has 0 fully saturated rings. The SMILES string of the molecule is CCO[Si](OCC)(OCC)[C@](S)(CC)[Si](C)(C)C(C)(C)C. The Labute approximate surface area is 139 Å². The van der Waals surface area contributed by atoms with Gasteiger partial charge in [0.2, 0.25) is 0 Å². The zero-order valence-electron chi connectivity index (χ0n) is 15.5. The Balaban J connectivity index is 6.09. The van der Waals surface area contributed by atoms with Gasteiger partial charge < -0.3 is 13.3 Å². The zero-order valence-corrected chi connectivity index (χ0v) is 18.4. The molecule has 0 aliphatic rings. The molecule has 0 saturated carbocycles. The Morgan fingerprint density at radius 2 is 1.14 bits per heavy atom. The van der Waals surface area contributed by atoms with Crippen molar-refractivity contribution in [1.82, 2.24) is 0 Å². The van der Waals surface area contributed by atoms with E-state index < -0.39 is 16.9 Å². The smallest absolute Gasteiger partial charge is 0.373 e. The van der Waals surface area contributed by atoms with Gasteiger partial charge in [-0.25, -0.2) is 0 Å². The fourth-order valence-corrected chi connectivity index (χ4v) is 13.8. The van der Waals surface area contributed by atoms with Crippen LogP contribution in [0.1, 0.15) is 54.9 Å². The van der Waals surface area contributed by atoms with Crippen molar-refractivity contribution >= 4 is 29.5 Å². The van der Waals surface area contributed by atoms with Crippen molar-refractivity contribution in [2.24, 2.45) is 0 Å². The summed E-state index contributed by atoms with van der Waals surface area (Å²) >= 11 is 5.22. The fraction of sp³-hybridized carbons (Fsp3) is 1.00. The predicted octanol–water partition coefficient (Wildman–Crippen LogP) is 4.70. The normalized spacial score (nSPS) is 16.9. The van der Waals surface area contributed by atoms with Crippen LogP contribution in [0.15, 0.2) is 0 Å². The standard InChI is InChI=1S/C15H36O3SSi2/c1-10-15(19,20(8,9)14(5,6)7)21(16-11-2,17-12-3)18-13-4/h19H,10-13H2,1-9H3/t15-/m0/s1. The van der Waals surface area contributed by atoms with Gasteiger partial charge in [0.05, 0.1) is 12.1 Å². The molecular weight excluding hydrogens is 316 g/mol. The van der Waals surface area contributed by atoms with Crippen molar-refractivity contribution < 1.29 is 13.3 Å². The summed E-state index contributed by atoms with van der Waals surface area (Å²) < 4.78 is 18.3. The lowest BCUT2D eigenvalue weighted by Crippen LogP contribution is -2.74. The Morgan fingerprint density at radius 3 is 1.33 bits per heavy atom. The third-order valence-electron chi connectivity index (χ3n) is 4.93. The van der Waals surface area contributed by atoms with Crippen molar-refractivity contribution in [3.05, 3.63) is 0 Å². The Bertz CT molecular complexity index is 302. The van der Waals surface area contributed by atoms with Crippen LogP contribution in [-0.4, -0.2) is 40.7 Å². The molecule has 0 saturated heterocycles. The lowest BCUT2D eigenvalue weighted by molar-refractivity contribution is 0.0641. The summed E-state index contributed by atoms with van der Waals surface area (Å²) in [4.78, 5) is 0. The highest BCUT2D eigenvalue weighted by atomic mass is 32.1. The molecule has 0 aliphatic heterocycles. The highest BCUT2D eigenvalue weighted by Crippen LogP contribution is 2.51. The molecular formula is C15H36O3SSi2. The van der Waals surface area contributed by atoms with Gasteiger partial charge >= 0.3 is 8.80 Å². The molecule has 6 heteroatoms. The third-order valence-corrected chi connectivity index (χ3v) is 20.1. The van der Waals surface area contributed by atoms with Crippen LogP contribution in [0.25, 0.3) is 0 Å². The predicted molar refractivity (Wildman–Crippen MR) is 99.8 cm³/mol. The molecule has 0 radical (unpaired) electrons. The van der Waals surface area contributed by atoms with E-state index in [9.17, 15) is 0 Å². The Hall–Kier alpha value is 0.664. The molecule has 0 rings (SSSR count). The van der Waals surface area contributed by atoms with E-state index in [0.29, 0.717) is 19.8 Å². The van der Waals surface area contributed by atoms with Crippen LogP contribution in [0.3, 0.4) is 0 Å². The minimum Gasteiger partial charge on any atom is -0.373 e. The van der Waals surface area contributed by atoms with Gasteiger partial charge in [0.1, 0.15) is 0 Å². The van der Waals surface area contributed by atoms with Gasteiger partial charge in [0.15, 0.2) is 0 Å². The second-order valence-electron chi connectivity index (χ2n) is 6.94. The van der Waals surface area contributed by atoms with Crippen molar-refractivity contribution in [1.29, 1.82) is 0 Å². The third kappa shape index (κ3) is 3.95. The zero-order chi connectivity index (χ0) is 16.9. The molecule has 3 nitrogen and oxygen atoms in total. The highest BCUT2D eigenvalue weighted by Gasteiger charge is 2.68. The average Bonchev–Trinajstić information content (AvgIpc) is 2.36. The van der Waals surface area contributed by atoms with Crippen LogP contribution < -0.4 is 0 Å². The molecule has 0 N–H and O–H groups in total. The van der Waals surface area contributed by atoms with Crippen LogP contribution in [-0.2, 0) is 13.3 Å². The van der Waals surface area contributed by atoms with E-state index in [1.807, 2.05) is 20.8 Å². The molecule has 0 heterocycles. The quantitative estimate of drug-likeness (QED) is 0.481. The van der Waals surface area contributed by atoms with Gasteiger partial charge in [-0.3, -0.25) is 0 Å². The van der Waals surface area contributed by atoms with Gasteiger partial charge in [0, 0.05) is 19.8 Å². The molecule has 0 aromatic carbocycles. The molecule has 0 unspecified atom stereocenters. The first-order valence-corrected chi connectivity index (χ1v) is 13.3. The van der Waals surface area contributed by atoms with E-state index in [1.54, 1.807) is 0 Å². The van der Waals surface area contributed by atoms with Crippen molar-refractivity contribution in [3.63, 3.8) is 0 Å². The van der Waals surface area contributed by atoms with Gasteiger partial charge in [-0.15, -0.1) is 0 Å². The minimum atomic E-state index is -2.87. The topological polar surface area (TPSA) is 27.7 Å². The molecule has 0 aromatic heterocycles. The molecule has 0 bridgehead atoms. The maximum atomic E-state index is 6.20. The van der Waals surface area contributed by atoms with Crippen molar-refractivity contribution in [2.45, 2.75) is 77.0 Å². The largest absolute Gasteiger partial charge is 0.514 e. The van der Waals surface area contributed by atoms with Gasteiger partial charge in [-0.2, -0.15) is 12.6 Å². The monoisotopic (exact) mass is 352 g/mol. The molecule has 21 heavy (non-hydrogen) atoms. The second-order valence-corrected chi connectivity index (χ2v) is 17.5. The Morgan fingerprint density at radius 1 is 0.810 bits per heavy atom. The summed E-state index contributed by atoms with van der Waals surface area (Å²) in [5.74, 6) is 0. The average molecular weight is 353 g/mol. The van der Waals surface area contributed by atoms with E-state index in [4.69, 9.17) is 25.9 Å². The molecule has 0 spiro atoms. The van der Waals surface area contributed by atoms with Crippen molar-refractivity contribution in [3.8, 4) is 0 Å². The first kappa shape index (κ1) is 21.7. The highest BCUT2D eigenvalue weighted by molar-refractivity contribution is 7.86. The van der Waals surface area contributed by atoms with Crippen LogP contribution in [0.4, 0.5) is 0 Å². The molecule has 0 aliphatic carbocycles. The van der Waals surface area contributed by atoms with Crippen LogP contribution >= 0.6 is 12.6 Å². The van der Waals surface area contributed by atoms with E-state index in [1.165, 1.54) is 0 Å². The molecule has 0 aromatic rings. The number of rotatable bonds is 9. The lowest BCUT2D eigenvalue weighted by Gasteiger charge is -2.54. The number of thiol groups is 1. The summed E-state index contributed by atoms with van der Waals surface area (Å²) in [5.41, 5.74) is 0. The lowest BCUT2D eigenvalue weighted by atomic mass is 10.2. The maximum absolute atomic E-state index is 6.20. The summed E-state index contributed by atoms with van der Waals surface area (Å²) in [6.45, 7) is 21.7.